The molecule has 0 spiro atoms. The molecule has 0 radical (unpaired) electrons. The number of carbonyl (C=O) groups is 3. The normalized spacial score (nSPS) is 12.8. The molecule has 6 heteroatoms. The molecule has 0 aliphatic heterocycles. The second kappa shape index (κ2) is 55.9. The topological polar surface area (TPSA) is 78.9 Å². The smallest absolute Gasteiger partial charge is 0.306 e. The first-order chi connectivity index (χ1) is 33.5. The number of unbranched alkanes of at least 4 members (excludes halogenated alkanes) is 23. The van der Waals surface area contributed by atoms with Crippen LogP contribution >= 0.6 is 0 Å². The molecule has 0 aromatic rings. The average Bonchev–Trinajstić information content (AvgIpc) is 3.34. The zero-order valence-electron chi connectivity index (χ0n) is 44.3. The lowest BCUT2D eigenvalue weighted by Gasteiger charge is -2.18. The van der Waals surface area contributed by atoms with Gasteiger partial charge in [-0.15, -0.1) is 0 Å². The molecule has 0 bridgehead atoms. The Morgan fingerprint density at radius 1 is 0.309 bits per heavy atom. The van der Waals surface area contributed by atoms with Crippen molar-refractivity contribution in [3.8, 4) is 0 Å². The molecule has 0 fully saturated rings. The molecule has 0 heterocycles. The van der Waals surface area contributed by atoms with Crippen LogP contribution in [0.3, 0.4) is 0 Å². The summed E-state index contributed by atoms with van der Waals surface area (Å²) in [5.41, 5.74) is 0. The van der Waals surface area contributed by atoms with Gasteiger partial charge in [0.25, 0.3) is 0 Å². The minimum Gasteiger partial charge on any atom is -0.462 e. The van der Waals surface area contributed by atoms with Gasteiger partial charge in [0.05, 0.1) is 0 Å². The van der Waals surface area contributed by atoms with Gasteiger partial charge in [-0.25, -0.2) is 0 Å². The fraction of sp³-hybridized carbons (Fsp3) is 0.694. The molecule has 68 heavy (non-hydrogen) atoms. The second-order valence-electron chi connectivity index (χ2n) is 18.5. The monoisotopic (exact) mass is 945 g/mol. The number of rotatable bonds is 50. The van der Waals surface area contributed by atoms with E-state index in [0.29, 0.717) is 19.3 Å². The van der Waals surface area contributed by atoms with Gasteiger partial charge in [-0.3, -0.25) is 14.4 Å². The van der Waals surface area contributed by atoms with E-state index in [4.69, 9.17) is 14.2 Å². The lowest BCUT2D eigenvalue weighted by Crippen LogP contribution is -2.30. The van der Waals surface area contributed by atoms with Gasteiger partial charge in [-0.1, -0.05) is 240 Å². The van der Waals surface area contributed by atoms with Crippen LogP contribution < -0.4 is 0 Å². The Bertz CT molecular complexity index is 1360. The summed E-state index contributed by atoms with van der Waals surface area (Å²) in [7, 11) is 0. The molecule has 0 saturated heterocycles. The van der Waals surface area contributed by atoms with Crippen LogP contribution in [0.4, 0.5) is 0 Å². The summed E-state index contributed by atoms with van der Waals surface area (Å²) in [6.45, 7) is 6.43. The summed E-state index contributed by atoms with van der Waals surface area (Å²) in [6, 6.07) is 0. The largest absolute Gasteiger partial charge is 0.462 e. The average molecular weight is 946 g/mol. The summed E-state index contributed by atoms with van der Waals surface area (Å²) in [5, 5.41) is 0. The maximum atomic E-state index is 12.9. The van der Waals surface area contributed by atoms with Crippen LogP contribution in [0.1, 0.15) is 258 Å². The molecular formula is C62H104O6. The molecule has 0 rings (SSSR count). The van der Waals surface area contributed by atoms with E-state index in [0.717, 1.165) is 96.3 Å². The number of hydrogen-bond donors (Lipinski definition) is 0. The summed E-state index contributed by atoms with van der Waals surface area (Å²) >= 11 is 0. The Balaban J connectivity index is 4.51. The van der Waals surface area contributed by atoms with Gasteiger partial charge in [0.2, 0.25) is 0 Å². The van der Waals surface area contributed by atoms with Crippen LogP contribution in [0.15, 0.2) is 97.2 Å². The van der Waals surface area contributed by atoms with Crippen molar-refractivity contribution in [1.82, 2.24) is 0 Å². The fourth-order valence-electron chi connectivity index (χ4n) is 7.60. The first kappa shape index (κ1) is 64.3. The van der Waals surface area contributed by atoms with Gasteiger partial charge >= 0.3 is 17.9 Å². The summed E-state index contributed by atoms with van der Waals surface area (Å²) in [4.78, 5) is 38.1. The predicted octanol–water partition coefficient (Wildman–Crippen LogP) is 18.9. The number of esters is 3. The zero-order valence-corrected chi connectivity index (χ0v) is 44.3. The Kier molecular flexibility index (Phi) is 52.9. The van der Waals surface area contributed by atoms with Crippen molar-refractivity contribution in [2.45, 2.75) is 264 Å². The molecule has 1 atom stereocenters. The lowest BCUT2D eigenvalue weighted by molar-refractivity contribution is -0.167. The molecule has 0 aromatic carbocycles. The van der Waals surface area contributed by atoms with Crippen molar-refractivity contribution in [3.05, 3.63) is 97.2 Å². The van der Waals surface area contributed by atoms with Gasteiger partial charge < -0.3 is 14.2 Å². The maximum absolute atomic E-state index is 12.9. The van der Waals surface area contributed by atoms with Crippen LogP contribution in [0.5, 0.6) is 0 Å². The minimum atomic E-state index is -0.812. The molecule has 0 N–H and O–H groups in total. The SMILES string of the molecule is CC/C=C\C/C=C\C/C=C\C/C=C\CCCCCC(=O)OCC(COC(=O)CCC/C=C\C/C=C\C/C=C\C/C=C\CCCCC)OC(=O)CCCCCCCCCCCCCCCCCCC. The summed E-state index contributed by atoms with van der Waals surface area (Å²) in [5.74, 6) is -0.991. The van der Waals surface area contributed by atoms with Crippen LogP contribution in [-0.4, -0.2) is 37.2 Å². The van der Waals surface area contributed by atoms with Gasteiger partial charge in [0.1, 0.15) is 13.2 Å². The van der Waals surface area contributed by atoms with Crippen molar-refractivity contribution in [3.63, 3.8) is 0 Å². The van der Waals surface area contributed by atoms with Crippen molar-refractivity contribution < 1.29 is 28.6 Å². The molecule has 6 nitrogen and oxygen atoms in total. The molecule has 0 amide bonds. The standard InChI is InChI=1S/C62H104O6/c1-4-7-10-13-16-19-22-25-28-31-34-37-40-43-46-49-52-55-61(64)67-58-59(57-66-60(63)54-51-48-45-42-39-36-33-30-27-24-21-18-15-12-9-6-3)68-62(65)56-53-50-47-44-41-38-35-32-29-26-23-20-17-14-11-8-5-2/h9,12,16,18-19,21,25,27-28,30,34,36-37,39,43,46,59H,4-8,10-11,13-15,17,20,22-24,26,29,31-33,35,38,40-42,44-45,47-58H2,1-3H3/b12-9-,19-16-,21-18-,28-25-,30-27-,37-34-,39-36-,46-43-. The first-order valence-electron chi connectivity index (χ1n) is 28.2. The van der Waals surface area contributed by atoms with Gasteiger partial charge in [0.15, 0.2) is 6.10 Å². The molecule has 0 aliphatic rings. The van der Waals surface area contributed by atoms with Crippen LogP contribution in [0, 0.1) is 0 Å². The molecular weight excluding hydrogens is 841 g/mol. The zero-order chi connectivity index (χ0) is 49.3. The first-order valence-corrected chi connectivity index (χ1v) is 28.2. The Hall–Kier alpha value is -3.67. The third-order valence-corrected chi connectivity index (χ3v) is 11.8. The Morgan fingerprint density at radius 2 is 0.588 bits per heavy atom. The van der Waals surface area contributed by atoms with Crippen molar-refractivity contribution in [2.24, 2.45) is 0 Å². The van der Waals surface area contributed by atoms with E-state index < -0.39 is 6.10 Å². The van der Waals surface area contributed by atoms with Gasteiger partial charge in [0, 0.05) is 19.3 Å². The number of allylic oxidation sites excluding steroid dienone is 16. The predicted molar refractivity (Wildman–Crippen MR) is 293 cm³/mol. The highest BCUT2D eigenvalue weighted by Gasteiger charge is 2.19. The quantitative estimate of drug-likeness (QED) is 0.0262. The number of hydrogen-bond acceptors (Lipinski definition) is 6. The maximum Gasteiger partial charge on any atom is 0.306 e. The third kappa shape index (κ3) is 53.3. The lowest BCUT2D eigenvalue weighted by atomic mass is 10.0. The highest BCUT2D eigenvalue weighted by atomic mass is 16.6. The van der Waals surface area contributed by atoms with E-state index in [1.54, 1.807) is 0 Å². The van der Waals surface area contributed by atoms with Crippen molar-refractivity contribution in [2.75, 3.05) is 13.2 Å². The van der Waals surface area contributed by atoms with Crippen LogP contribution in [0.2, 0.25) is 0 Å². The van der Waals surface area contributed by atoms with Crippen LogP contribution in [0.25, 0.3) is 0 Å². The highest BCUT2D eigenvalue weighted by molar-refractivity contribution is 5.71. The molecule has 388 valence electrons. The number of carbonyl (C=O) groups excluding carboxylic acids is 3. The van der Waals surface area contributed by atoms with Crippen molar-refractivity contribution >= 4 is 17.9 Å². The van der Waals surface area contributed by atoms with Crippen LogP contribution in [-0.2, 0) is 28.6 Å². The Morgan fingerprint density at radius 3 is 0.985 bits per heavy atom. The molecule has 0 aromatic heterocycles. The van der Waals surface area contributed by atoms with E-state index in [9.17, 15) is 14.4 Å². The van der Waals surface area contributed by atoms with E-state index in [1.165, 1.54) is 116 Å². The minimum absolute atomic E-state index is 0.110. The van der Waals surface area contributed by atoms with Crippen molar-refractivity contribution in [1.29, 1.82) is 0 Å². The third-order valence-electron chi connectivity index (χ3n) is 11.8. The highest BCUT2D eigenvalue weighted by Crippen LogP contribution is 2.15. The van der Waals surface area contributed by atoms with E-state index in [1.807, 2.05) is 0 Å². The molecule has 0 saturated carbocycles. The van der Waals surface area contributed by atoms with E-state index in [2.05, 4.69) is 118 Å². The summed E-state index contributed by atoms with van der Waals surface area (Å²) < 4.78 is 16.8. The second-order valence-corrected chi connectivity index (χ2v) is 18.5. The van der Waals surface area contributed by atoms with E-state index in [-0.39, 0.29) is 37.5 Å². The van der Waals surface area contributed by atoms with E-state index >= 15 is 0 Å². The summed E-state index contributed by atoms with van der Waals surface area (Å²) in [6.07, 6.45) is 74.0. The number of ether oxygens (including phenoxy) is 3. The Labute approximate surface area is 419 Å². The molecule has 0 aliphatic carbocycles. The molecule has 1 unspecified atom stereocenters. The van der Waals surface area contributed by atoms with Gasteiger partial charge in [-0.2, -0.15) is 0 Å². The fourth-order valence-corrected chi connectivity index (χ4v) is 7.60. The van der Waals surface area contributed by atoms with Gasteiger partial charge in [-0.05, 0) is 96.3 Å².